The van der Waals surface area contributed by atoms with Gasteiger partial charge in [0.2, 0.25) is 0 Å². The first kappa shape index (κ1) is 18.5. The van der Waals surface area contributed by atoms with Gasteiger partial charge in [0.15, 0.2) is 5.65 Å². The van der Waals surface area contributed by atoms with E-state index in [2.05, 4.69) is 11.2 Å². The summed E-state index contributed by atoms with van der Waals surface area (Å²) in [5.41, 5.74) is 2.75. The monoisotopic (exact) mass is 403 g/mol. The van der Waals surface area contributed by atoms with Crippen LogP contribution in [0.2, 0.25) is 0 Å². The van der Waals surface area contributed by atoms with Gasteiger partial charge in [-0.05, 0) is 49.6 Å². The Morgan fingerprint density at radius 2 is 2.07 bits per heavy atom. The molecule has 1 aliphatic carbocycles. The van der Waals surface area contributed by atoms with E-state index in [1.54, 1.807) is 10.7 Å². The smallest absolute Gasteiger partial charge is 0.161 e. The Hall–Kier alpha value is -3.53. The second-order valence-corrected chi connectivity index (χ2v) is 7.64. The van der Waals surface area contributed by atoms with Crippen LogP contribution in [0, 0.1) is 23.0 Å². The van der Waals surface area contributed by atoms with Gasteiger partial charge < -0.3 is 4.90 Å². The molecule has 2 aliphatic rings. The summed E-state index contributed by atoms with van der Waals surface area (Å²) in [7, 11) is 0. The van der Waals surface area contributed by atoms with Gasteiger partial charge in [0, 0.05) is 35.4 Å². The lowest BCUT2D eigenvalue weighted by Gasteiger charge is -2.26. The molecule has 2 aromatic heterocycles. The molecule has 5 rings (SSSR count). The molecule has 7 heteroatoms. The lowest BCUT2D eigenvalue weighted by molar-refractivity contribution is 0.560. The minimum atomic E-state index is -0.436. The number of anilines is 1. The van der Waals surface area contributed by atoms with Crippen LogP contribution in [0.15, 0.2) is 60.5 Å². The van der Waals surface area contributed by atoms with Crippen LogP contribution in [0.5, 0.6) is 0 Å². The third-order valence-corrected chi connectivity index (χ3v) is 5.87. The third kappa shape index (κ3) is 3.14. The molecule has 1 fully saturated rings. The van der Waals surface area contributed by atoms with Crippen LogP contribution < -0.4 is 4.90 Å². The summed E-state index contributed by atoms with van der Waals surface area (Å²) in [5.74, 6) is -0.0127. The molecule has 150 valence electrons. The number of nitrogens with zero attached hydrogens (tertiary/aromatic N) is 5. The van der Waals surface area contributed by atoms with E-state index in [9.17, 15) is 8.78 Å². The van der Waals surface area contributed by atoms with Crippen molar-refractivity contribution in [2.75, 3.05) is 11.4 Å². The number of rotatable bonds is 3. The number of fused-ring (bicyclic) bond motifs is 1. The zero-order chi connectivity index (χ0) is 20.7. The summed E-state index contributed by atoms with van der Waals surface area (Å²) >= 11 is 0. The Morgan fingerprint density at radius 3 is 2.87 bits per heavy atom. The summed E-state index contributed by atoms with van der Waals surface area (Å²) in [6.45, 7) is 0.727. The Morgan fingerprint density at radius 1 is 1.17 bits per heavy atom. The van der Waals surface area contributed by atoms with Crippen molar-refractivity contribution in [3.05, 3.63) is 83.2 Å². The van der Waals surface area contributed by atoms with E-state index in [1.165, 1.54) is 12.1 Å². The number of allylic oxidation sites excluding steroid dienone is 4. The zero-order valence-corrected chi connectivity index (χ0v) is 16.2. The lowest BCUT2D eigenvalue weighted by atomic mass is 9.92. The molecule has 3 heterocycles. The predicted octanol–water partition coefficient (Wildman–Crippen LogP) is 4.84. The van der Waals surface area contributed by atoms with Gasteiger partial charge in [0.25, 0.3) is 0 Å². The number of hydrogen-bond donors (Lipinski definition) is 0. The van der Waals surface area contributed by atoms with Crippen LogP contribution >= 0.6 is 0 Å². The highest BCUT2D eigenvalue weighted by Gasteiger charge is 2.30. The summed E-state index contributed by atoms with van der Waals surface area (Å²) in [6.07, 6.45) is 11.7. The predicted molar refractivity (Wildman–Crippen MR) is 109 cm³/mol. The SMILES string of the molecule is N#CC1=CCC(c2cnn3ccc(N4CCC[C@@H]4c4cc(F)ccc4F)nc23)C=C1. The maximum Gasteiger partial charge on any atom is 0.161 e. The van der Waals surface area contributed by atoms with Crippen molar-refractivity contribution in [2.24, 2.45) is 0 Å². The van der Waals surface area contributed by atoms with Gasteiger partial charge in [-0.1, -0.05) is 12.2 Å². The molecular weight excluding hydrogens is 384 g/mol. The number of hydrogen-bond acceptors (Lipinski definition) is 4. The normalized spacial score (nSPS) is 21.1. The molecule has 0 N–H and O–H groups in total. The Labute approximate surface area is 172 Å². The van der Waals surface area contributed by atoms with E-state index in [4.69, 9.17) is 10.2 Å². The minimum absolute atomic E-state index is 0.0948. The molecule has 1 saturated heterocycles. The minimum Gasteiger partial charge on any atom is -0.349 e. The van der Waals surface area contributed by atoms with E-state index in [0.29, 0.717) is 17.6 Å². The van der Waals surface area contributed by atoms with Gasteiger partial charge in [0.05, 0.1) is 18.3 Å². The van der Waals surface area contributed by atoms with E-state index >= 15 is 0 Å². The molecule has 2 atom stereocenters. The largest absolute Gasteiger partial charge is 0.349 e. The highest BCUT2D eigenvalue weighted by Crippen LogP contribution is 2.37. The first-order valence-corrected chi connectivity index (χ1v) is 9.98. The Kier molecular flexibility index (Phi) is 4.55. The average molecular weight is 403 g/mol. The fraction of sp³-hybridized carbons (Fsp3) is 0.261. The second-order valence-electron chi connectivity index (χ2n) is 7.64. The average Bonchev–Trinajstić information content (AvgIpc) is 3.42. The third-order valence-electron chi connectivity index (χ3n) is 5.87. The number of aromatic nitrogens is 3. The second kappa shape index (κ2) is 7.38. The molecule has 1 aliphatic heterocycles. The van der Waals surface area contributed by atoms with Crippen molar-refractivity contribution in [1.29, 1.82) is 5.26 Å². The number of benzene rings is 1. The number of nitriles is 1. The molecule has 1 aromatic carbocycles. The number of halogens is 2. The Bertz CT molecular complexity index is 1220. The summed E-state index contributed by atoms with van der Waals surface area (Å²) < 4.78 is 29.9. The summed E-state index contributed by atoms with van der Waals surface area (Å²) in [5, 5.41) is 13.4. The first-order valence-electron chi connectivity index (χ1n) is 9.98. The molecule has 0 saturated carbocycles. The maximum atomic E-state index is 14.4. The molecule has 0 radical (unpaired) electrons. The van der Waals surface area contributed by atoms with Crippen LogP contribution in [-0.2, 0) is 0 Å². The molecule has 0 spiro atoms. The topological polar surface area (TPSA) is 57.2 Å². The zero-order valence-electron chi connectivity index (χ0n) is 16.2. The van der Waals surface area contributed by atoms with E-state index < -0.39 is 11.6 Å². The first-order chi connectivity index (χ1) is 14.6. The molecule has 0 amide bonds. The Balaban J connectivity index is 1.51. The lowest BCUT2D eigenvalue weighted by Crippen LogP contribution is -2.24. The van der Waals surface area contributed by atoms with E-state index in [0.717, 1.165) is 42.5 Å². The van der Waals surface area contributed by atoms with E-state index in [1.807, 2.05) is 35.4 Å². The van der Waals surface area contributed by atoms with Gasteiger partial charge in [-0.2, -0.15) is 10.4 Å². The van der Waals surface area contributed by atoms with Crippen LogP contribution in [0.4, 0.5) is 14.6 Å². The van der Waals surface area contributed by atoms with Crippen molar-refractivity contribution >= 4 is 11.5 Å². The van der Waals surface area contributed by atoms with Crippen molar-refractivity contribution in [1.82, 2.24) is 14.6 Å². The molecule has 30 heavy (non-hydrogen) atoms. The highest BCUT2D eigenvalue weighted by molar-refractivity contribution is 5.57. The van der Waals surface area contributed by atoms with Crippen molar-refractivity contribution < 1.29 is 8.78 Å². The molecule has 0 bridgehead atoms. The summed E-state index contributed by atoms with van der Waals surface area (Å²) in [4.78, 5) is 6.89. The van der Waals surface area contributed by atoms with Crippen LogP contribution in [0.3, 0.4) is 0 Å². The molecule has 1 unspecified atom stereocenters. The van der Waals surface area contributed by atoms with Gasteiger partial charge in [-0.25, -0.2) is 18.3 Å². The van der Waals surface area contributed by atoms with Crippen molar-refractivity contribution in [2.45, 2.75) is 31.2 Å². The van der Waals surface area contributed by atoms with Gasteiger partial charge in [-0.3, -0.25) is 0 Å². The highest BCUT2D eigenvalue weighted by atomic mass is 19.1. The van der Waals surface area contributed by atoms with Gasteiger partial charge >= 0.3 is 0 Å². The fourth-order valence-electron chi connectivity index (χ4n) is 4.37. The van der Waals surface area contributed by atoms with Gasteiger partial charge in [-0.15, -0.1) is 0 Å². The van der Waals surface area contributed by atoms with Gasteiger partial charge in [0.1, 0.15) is 17.5 Å². The molecular formula is C23H19F2N5. The van der Waals surface area contributed by atoms with Crippen LogP contribution in [-0.4, -0.2) is 21.1 Å². The van der Waals surface area contributed by atoms with Crippen LogP contribution in [0.25, 0.3) is 5.65 Å². The molecule has 5 nitrogen and oxygen atoms in total. The van der Waals surface area contributed by atoms with Crippen molar-refractivity contribution in [3.63, 3.8) is 0 Å². The van der Waals surface area contributed by atoms with Crippen LogP contribution in [0.1, 0.15) is 42.3 Å². The maximum absolute atomic E-state index is 14.4. The standard InChI is InChI=1S/C23H19F2N5/c24-17-7-8-20(25)18(12-17)21-2-1-10-29(21)22-9-11-30-23(28-22)19(14-27-30)16-5-3-15(13-26)4-6-16/h3-5,7-9,11-12,14,16,21H,1-2,6,10H2/t16?,21-/m1/s1. The quantitative estimate of drug-likeness (QED) is 0.628. The molecule has 3 aromatic rings. The fourth-order valence-corrected chi connectivity index (χ4v) is 4.37. The van der Waals surface area contributed by atoms with Crippen molar-refractivity contribution in [3.8, 4) is 6.07 Å². The summed E-state index contributed by atoms with van der Waals surface area (Å²) in [6, 6.07) is 7.38. The van der Waals surface area contributed by atoms with E-state index in [-0.39, 0.29) is 12.0 Å².